The number of nitriles is 1. The standard InChI is InChI=1S/C23H19F4N5O2/c1-34-19-7-4-14(24)9-16(19)22(33)30-18-6-3-12-8-13(2-5-15(12)18)20-17(10-28)21(29)32(31-20)11-23(25,26)27/h2,4-5,7-9,18H,3,6,11,29H2,1H3,(H,30,33). The van der Waals surface area contributed by atoms with Crippen LogP contribution in [-0.2, 0) is 13.0 Å². The van der Waals surface area contributed by atoms with Gasteiger partial charge in [0.05, 0.1) is 18.7 Å². The number of ether oxygens (including phenoxy) is 1. The summed E-state index contributed by atoms with van der Waals surface area (Å²) >= 11 is 0. The molecule has 34 heavy (non-hydrogen) atoms. The average Bonchev–Trinajstić information content (AvgIpc) is 3.32. The largest absolute Gasteiger partial charge is 0.496 e. The van der Waals surface area contributed by atoms with Gasteiger partial charge >= 0.3 is 6.18 Å². The first-order valence-electron chi connectivity index (χ1n) is 10.2. The molecule has 0 saturated heterocycles. The fourth-order valence-corrected chi connectivity index (χ4v) is 4.09. The number of alkyl halides is 3. The molecule has 1 aliphatic carbocycles. The number of carbonyl (C=O) groups is 1. The lowest BCUT2D eigenvalue weighted by Crippen LogP contribution is -2.27. The lowest BCUT2D eigenvalue weighted by atomic mass is 10.0. The van der Waals surface area contributed by atoms with Crippen LogP contribution >= 0.6 is 0 Å². The Balaban J connectivity index is 1.61. The summed E-state index contributed by atoms with van der Waals surface area (Å²) in [6, 6.07) is 10.2. The van der Waals surface area contributed by atoms with Crippen molar-refractivity contribution in [3.8, 4) is 23.1 Å². The Morgan fingerprint density at radius 1 is 1.32 bits per heavy atom. The smallest absolute Gasteiger partial charge is 0.408 e. The highest BCUT2D eigenvalue weighted by Crippen LogP contribution is 2.36. The molecule has 0 aliphatic heterocycles. The van der Waals surface area contributed by atoms with Crippen molar-refractivity contribution < 1.29 is 27.1 Å². The van der Waals surface area contributed by atoms with Crippen LogP contribution in [-0.4, -0.2) is 29.0 Å². The molecular weight excluding hydrogens is 454 g/mol. The Bertz CT molecular complexity index is 1310. The summed E-state index contributed by atoms with van der Waals surface area (Å²) in [5, 5.41) is 16.2. The maximum absolute atomic E-state index is 13.6. The molecule has 3 N–H and O–H groups in total. The molecule has 3 aromatic rings. The molecule has 1 aromatic heterocycles. The van der Waals surface area contributed by atoms with E-state index in [1.54, 1.807) is 18.2 Å². The first-order valence-corrected chi connectivity index (χ1v) is 10.2. The summed E-state index contributed by atoms with van der Waals surface area (Å²) in [7, 11) is 1.38. The SMILES string of the molecule is COc1ccc(F)cc1C(=O)NC1CCc2cc(-c3nn(CC(F)(F)F)c(N)c3C#N)ccc21. The van der Waals surface area contributed by atoms with Crippen LogP contribution in [0.4, 0.5) is 23.4 Å². The van der Waals surface area contributed by atoms with Crippen LogP contribution in [0, 0.1) is 17.1 Å². The summed E-state index contributed by atoms with van der Waals surface area (Å²) < 4.78 is 57.8. The number of benzene rings is 2. The second-order valence-corrected chi connectivity index (χ2v) is 7.82. The number of nitrogen functional groups attached to an aromatic ring is 1. The fraction of sp³-hybridized carbons (Fsp3) is 0.261. The number of nitrogens with two attached hydrogens (primary N) is 1. The number of hydrogen-bond acceptors (Lipinski definition) is 5. The van der Waals surface area contributed by atoms with Crippen molar-refractivity contribution >= 4 is 11.7 Å². The third-order valence-corrected chi connectivity index (χ3v) is 5.64. The highest BCUT2D eigenvalue weighted by Gasteiger charge is 2.32. The Kier molecular flexibility index (Phi) is 5.91. The average molecular weight is 473 g/mol. The highest BCUT2D eigenvalue weighted by atomic mass is 19.4. The molecule has 1 unspecified atom stereocenters. The van der Waals surface area contributed by atoms with E-state index in [4.69, 9.17) is 10.5 Å². The van der Waals surface area contributed by atoms with Gasteiger partial charge in [-0.1, -0.05) is 12.1 Å². The molecule has 0 spiro atoms. The van der Waals surface area contributed by atoms with Gasteiger partial charge in [-0.3, -0.25) is 4.79 Å². The molecule has 0 fully saturated rings. The minimum absolute atomic E-state index is 0.0593. The number of nitrogens with zero attached hydrogens (tertiary/aromatic N) is 3. The monoisotopic (exact) mass is 473 g/mol. The summed E-state index contributed by atoms with van der Waals surface area (Å²) in [4.78, 5) is 12.8. The number of anilines is 1. The van der Waals surface area contributed by atoms with Gasteiger partial charge in [-0.25, -0.2) is 9.07 Å². The number of rotatable bonds is 5. The van der Waals surface area contributed by atoms with E-state index in [0.717, 1.165) is 17.2 Å². The third-order valence-electron chi connectivity index (χ3n) is 5.64. The molecule has 4 rings (SSSR count). The van der Waals surface area contributed by atoms with Crippen LogP contribution in [0.1, 0.15) is 39.5 Å². The molecule has 0 saturated carbocycles. The minimum Gasteiger partial charge on any atom is -0.496 e. The van der Waals surface area contributed by atoms with Gasteiger partial charge in [0, 0.05) is 5.56 Å². The molecule has 0 bridgehead atoms. The number of nitrogens with one attached hydrogen (secondary N) is 1. The topological polar surface area (TPSA) is 106 Å². The van der Waals surface area contributed by atoms with Crippen molar-refractivity contribution in [3.63, 3.8) is 0 Å². The molecule has 1 aliphatic rings. The lowest BCUT2D eigenvalue weighted by Gasteiger charge is -2.16. The number of halogens is 4. The normalized spacial score (nSPS) is 15.0. The van der Waals surface area contributed by atoms with Crippen molar-refractivity contribution in [1.82, 2.24) is 15.1 Å². The minimum atomic E-state index is -4.54. The van der Waals surface area contributed by atoms with Crippen molar-refractivity contribution in [2.24, 2.45) is 0 Å². The Morgan fingerprint density at radius 2 is 2.09 bits per heavy atom. The molecule has 1 atom stereocenters. The van der Waals surface area contributed by atoms with Gasteiger partial charge in [-0.15, -0.1) is 0 Å². The lowest BCUT2D eigenvalue weighted by molar-refractivity contribution is -0.142. The Morgan fingerprint density at radius 3 is 2.76 bits per heavy atom. The Labute approximate surface area is 191 Å². The summed E-state index contributed by atoms with van der Waals surface area (Å²) in [6.45, 7) is -1.41. The van der Waals surface area contributed by atoms with Gasteiger partial charge in [-0.2, -0.15) is 23.5 Å². The van der Waals surface area contributed by atoms with Crippen LogP contribution in [0.3, 0.4) is 0 Å². The maximum Gasteiger partial charge on any atom is 0.408 e. The summed E-state index contributed by atoms with van der Waals surface area (Å²) in [6.07, 6.45) is -3.40. The number of amides is 1. The molecule has 11 heteroatoms. The molecule has 176 valence electrons. The zero-order valence-electron chi connectivity index (χ0n) is 17.9. The Hall–Kier alpha value is -4.07. The number of aromatic nitrogens is 2. The van der Waals surface area contributed by atoms with E-state index in [0.29, 0.717) is 23.1 Å². The van der Waals surface area contributed by atoms with E-state index < -0.39 is 24.4 Å². The number of fused-ring (bicyclic) bond motifs is 1. The molecule has 7 nitrogen and oxygen atoms in total. The second kappa shape index (κ2) is 8.70. The van der Waals surface area contributed by atoms with Crippen LogP contribution in [0.2, 0.25) is 0 Å². The number of methoxy groups -OCH3 is 1. The van der Waals surface area contributed by atoms with Gasteiger partial charge in [-0.05, 0) is 48.2 Å². The first-order chi connectivity index (χ1) is 16.1. The third kappa shape index (κ3) is 4.39. The van der Waals surface area contributed by atoms with Crippen molar-refractivity contribution in [1.29, 1.82) is 5.26 Å². The molecule has 1 amide bonds. The fourth-order valence-electron chi connectivity index (χ4n) is 4.09. The van der Waals surface area contributed by atoms with Crippen LogP contribution in [0.25, 0.3) is 11.3 Å². The summed E-state index contributed by atoms with van der Waals surface area (Å²) in [5.74, 6) is -1.18. The van der Waals surface area contributed by atoms with Gasteiger partial charge in [0.2, 0.25) is 0 Å². The van der Waals surface area contributed by atoms with E-state index in [-0.39, 0.29) is 34.4 Å². The predicted molar refractivity (Wildman–Crippen MR) is 114 cm³/mol. The molecular formula is C23H19F4N5O2. The van der Waals surface area contributed by atoms with Gasteiger partial charge < -0.3 is 15.8 Å². The maximum atomic E-state index is 13.6. The summed E-state index contributed by atoms with van der Waals surface area (Å²) in [5.41, 5.74) is 7.83. The molecule has 2 aromatic carbocycles. The zero-order chi connectivity index (χ0) is 24.6. The van der Waals surface area contributed by atoms with Crippen molar-refractivity contribution in [2.75, 3.05) is 12.8 Å². The zero-order valence-corrected chi connectivity index (χ0v) is 17.9. The van der Waals surface area contributed by atoms with Crippen molar-refractivity contribution in [2.45, 2.75) is 31.6 Å². The number of carbonyl (C=O) groups excluding carboxylic acids is 1. The van der Waals surface area contributed by atoms with Crippen LogP contribution < -0.4 is 15.8 Å². The van der Waals surface area contributed by atoms with Crippen LogP contribution in [0.5, 0.6) is 5.75 Å². The van der Waals surface area contributed by atoms with E-state index in [1.807, 2.05) is 6.07 Å². The highest BCUT2D eigenvalue weighted by molar-refractivity contribution is 5.97. The quantitative estimate of drug-likeness (QED) is 0.542. The van der Waals surface area contributed by atoms with Gasteiger partial charge in [0.15, 0.2) is 0 Å². The first kappa shape index (κ1) is 23.1. The number of aryl methyl sites for hydroxylation is 1. The molecule has 1 heterocycles. The molecule has 0 radical (unpaired) electrons. The van der Waals surface area contributed by atoms with Crippen LogP contribution in [0.15, 0.2) is 36.4 Å². The van der Waals surface area contributed by atoms with Gasteiger partial charge in [0.1, 0.15) is 41.3 Å². The second-order valence-electron chi connectivity index (χ2n) is 7.82. The number of hydrogen-bond donors (Lipinski definition) is 2. The van der Waals surface area contributed by atoms with Crippen molar-refractivity contribution in [3.05, 3.63) is 64.5 Å². The van der Waals surface area contributed by atoms with E-state index in [1.165, 1.54) is 19.2 Å². The predicted octanol–water partition coefficient (Wildman–Crippen LogP) is 4.13. The van der Waals surface area contributed by atoms with Gasteiger partial charge in [0.25, 0.3) is 5.91 Å². The van der Waals surface area contributed by atoms with E-state index >= 15 is 0 Å². The van der Waals surface area contributed by atoms with E-state index in [2.05, 4.69) is 10.4 Å². The van der Waals surface area contributed by atoms with E-state index in [9.17, 15) is 27.6 Å².